The van der Waals surface area contributed by atoms with E-state index >= 15 is 0 Å². The average Bonchev–Trinajstić information content (AvgIpc) is 3.41. The van der Waals surface area contributed by atoms with Crippen molar-refractivity contribution in [1.29, 1.82) is 0 Å². The highest BCUT2D eigenvalue weighted by molar-refractivity contribution is 5.80. The smallest absolute Gasteiger partial charge is 0.337 e. The molecule has 0 spiro atoms. The first-order chi connectivity index (χ1) is 21.4. The number of pyridine rings is 1. The molecule has 1 N–H and O–H groups in total. The highest BCUT2D eigenvalue weighted by atomic mass is 16.5. The van der Waals surface area contributed by atoms with Crippen LogP contribution in [0, 0.1) is 6.92 Å². The number of hydrogen-bond donors (Lipinski definition) is 1. The minimum absolute atomic E-state index is 0.171. The predicted molar refractivity (Wildman–Crippen MR) is 173 cm³/mol. The van der Waals surface area contributed by atoms with Crippen molar-refractivity contribution in [1.82, 2.24) is 19.6 Å². The Morgan fingerprint density at radius 2 is 1.91 bits per heavy atom. The van der Waals surface area contributed by atoms with Gasteiger partial charge in [-0.2, -0.15) is 9.61 Å². The number of carboxylic acids is 1. The Balaban J connectivity index is 1.55. The lowest BCUT2D eigenvalue weighted by atomic mass is 9.92. The third kappa shape index (κ3) is 6.43. The molecule has 3 aromatic heterocycles. The van der Waals surface area contributed by atoms with Crippen molar-refractivity contribution >= 4 is 17.4 Å². The summed E-state index contributed by atoms with van der Waals surface area (Å²) >= 11 is 0. The van der Waals surface area contributed by atoms with E-state index in [4.69, 9.17) is 24.3 Å². The lowest BCUT2D eigenvalue weighted by molar-refractivity contribution is -0.160. The van der Waals surface area contributed by atoms with Crippen LogP contribution in [0.25, 0.3) is 28.0 Å². The molecule has 4 aromatic rings. The molecule has 10 heteroatoms. The van der Waals surface area contributed by atoms with E-state index in [0.29, 0.717) is 42.4 Å². The van der Waals surface area contributed by atoms with Crippen molar-refractivity contribution in [2.24, 2.45) is 0 Å². The van der Waals surface area contributed by atoms with Gasteiger partial charge in [-0.15, -0.1) is 0 Å². The van der Waals surface area contributed by atoms with Crippen molar-refractivity contribution in [2.75, 3.05) is 24.6 Å². The standard InChI is InChI=1S/C35H41N5O5/c1-22-9-8-18-43-35(6)13-16-39(17-14-35)32-30(31(33(41)42)45-34(3,4)5)23(2)37-29-20-27(38-40(29)32)25-11-7-10-24(19-25)26-21-36-15-12-28(26)44-22/h7-12,15,19-22,31H,13-14,16-18H2,1-6H3,(H,41,42)/b9-8+/t22-,31-/m0/s1. The zero-order valence-corrected chi connectivity index (χ0v) is 26.8. The summed E-state index contributed by atoms with van der Waals surface area (Å²) in [4.78, 5) is 24.2. The van der Waals surface area contributed by atoms with Crippen LogP contribution in [-0.2, 0) is 14.3 Å². The van der Waals surface area contributed by atoms with Crippen LogP contribution in [0.15, 0.2) is 60.9 Å². The summed E-state index contributed by atoms with van der Waals surface area (Å²) in [6.45, 7) is 13.3. The summed E-state index contributed by atoms with van der Waals surface area (Å²) in [5, 5.41) is 15.5. The maximum Gasteiger partial charge on any atom is 0.337 e. The maximum atomic E-state index is 12.8. The van der Waals surface area contributed by atoms with E-state index in [0.717, 1.165) is 41.0 Å². The molecule has 1 fully saturated rings. The maximum absolute atomic E-state index is 12.8. The largest absolute Gasteiger partial charge is 0.486 e. The highest BCUT2D eigenvalue weighted by Crippen LogP contribution is 2.39. The number of aromatic nitrogens is 4. The summed E-state index contributed by atoms with van der Waals surface area (Å²) in [7, 11) is 0. The molecule has 10 nitrogen and oxygen atoms in total. The van der Waals surface area contributed by atoms with Crippen LogP contribution in [0.4, 0.5) is 5.82 Å². The second-order valence-electron chi connectivity index (χ2n) is 13.1. The number of hydrogen-bond acceptors (Lipinski definition) is 8. The molecule has 0 amide bonds. The number of benzene rings is 1. The highest BCUT2D eigenvalue weighted by Gasteiger charge is 2.37. The van der Waals surface area contributed by atoms with Gasteiger partial charge in [0.1, 0.15) is 17.7 Å². The average molecular weight is 612 g/mol. The van der Waals surface area contributed by atoms with Crippen LogP contribution >= 0.6 is 0 Å². The first kappa shape index (κ1) is 30.7. The molecular formula is C35H41N5O5. The van der Waals surface area contributed by atoms with E-state index in [1.807, 2.05) is 83.3 Å². The van der Waals surface area contributed by atoms with Crippen LogP contribution in [0.3, 0.4) is 0 Å². The van der Waals surface area contributed by atoms with E-state index in [1.165, 1.54) is 0 Å². The molecule has 236 valence electrons. The fourth-order valence-corrected chi connectivity index (χ4v) is 6.07. The first-order valence-corrected chi connectivity index (χ1v) is 15.5. The van der Waals surface area contributed by atoms with E-state index < -0.39 is 17.7 Å². The summed E-state index contributed by atoms with van der Waals surface area (Å²) in [5.74, 6) is 0.351. The van der Waals surface area contributed by atoms with Gasteiger partial charge < -0.3 is 24.2 Å². The van der Waals surface area contributed by atoms with E-state index in [1.54, 1.807) is 10.7 Å². The minimum Gasteiger partial charge on any atom is -0.486 e. The Hall–Kier alpha value is -4.28. The number of carbonyl (C=O) groups is 1. The lowest BCUT2D eigenvalue weighted by Gasteiger charge is -2.41. The van der Waals surface area contributed by atoms with Crippen molar-refractivity contribution in [3.63, 3.8) is 0 Å². The number of piperidine rings is 1. The van der Waals surface area contributed by atoms with Crippen LogP contribution < -0.4 is 9.64 Å². The molecule has 0 aliphatic carbocycles. The summed E-state index contributed by atoms with van der Waals surface area (Å²) in [5.41, 5.74) is 4.13. The SMILES string of the molecule is Cc1nc2cc3nn2c(c1[C@H](OC(C)(C)C)C(=O)O)N1CCC(C)(CC1)OC/C=C/[C@H](C)Oc1ccncc1-c1cccc-3c1. The molecule has 0 radical (unpaired) electrons. The lowest BCUT2D eigenvalue weighted by Crippen LogP contribution is -2.45. The van der Waals surface area contributed by atoms with Gasteiger partial charge in [0.25, 0.3) is 0 Å². The number of carboxylic acid groups (broad SMARTS) is 1. The Morgan fingerprint density at radius 1 is 1.16 bits per heavy atom. The number of aliphatic carboxylic acids is 1. The third-order valence-electron chi connectivity index (χ3n) is 8.38. The van der Waals surface area contributed by atoms with Crippen LogP contribution in [0.1, 0.15) is 64.8 Å². The van der Waals surface area contributed by atoms with Crippen LogP contribution in [0.2, 0.25) is 0 Å². The van der Waals surface area contributed by atoms with E-state index in [2.05, 4.69) is 22.9 Å². The third-order valence-corrected chi connectivity index (χ3v) is 8.38. The number of fused-ring (bicyclic) bond motifs is 6. The fourth-order valence-electron chi connectivity index (χ4n) is 6.07. The van der Waals surface area contributed by atoms with Gasteiger partial charge in [0, 0.05) is 48.4 Å². The molecule has 3 aliphatic heterocycles. The van der Waals surface area contributed by atoms with Crippen LogP contribution in [-0.4, -0.2) is 67.7 Å². The quantitative estimate of drug-likeness (QED) is 0.262. The zero-order valence-electron chi connectivity index (χ0n) is 26.8. The Morgan fingerprint density at radius 3 is 2.64 bits per heavy atom. The van der Waals surface area contributed by atoms with Crippen LogP contribution in [0.5, 0.6) is 5.75 Å². The monoisotopic (exact) mass is 611 g/mol. The van der Waals surface area contributed by atoms with Gasteiger partial charge >= 0.3 is 5.97 Å². The molecule has 7 rings (SSSR count). The van der Waals surface area contributed by atoms with Gasteiger partial charge in [-0.25, -0.2) is 9.78 Å². The van der Waals surface area contributed by atoms with Gasteiger partial charge in [0.2, 0.25) is 0 Å². The fraction of sp³-hybridized carbons (Fsp3) is 0.429. The molecule has 1 aromatic carbocycles. The van der Waals surface area contributed by atoms with Gasteiger partial charge in [0.15, 0.2) is 11.8 Å². The molecule has 3 aliphatic rings. The summed E-state index contributed by atoms with van der Waals surface area (Å²) < 4.78 is 20.7. The Bertz CT molecular complexity index is 1750. The topological polar surface area (TPSA) is 111 Å². The van der Waals surface area contributed by atoms with E-state index in [9.17, 15) is 9.90 Å². The molecule has 45 heavy (non-hydrogen) atoms. The number of ether oxygens (including phenoxy) is 3. The van der Waals surface area contributed by atoms with Crippen molar-refractivity contribution in [3.05, 3.63) is 72.2 Å². The molecule has 6 heterocycles. The molecule has 0 unspecified atom stereocenters. The summed E-state index contributed by atoms with van der Waals surface area (Å²) in [6.07, 6.45) is 7.68. The molecule has 0 saturated carbocycles. The van der Waals surface area contributed by atoms with Gasteiger partial charge in [-0.3, -0.25) is 4.98 Å². The van der Waals surface area contributed by atoms with Crippen molar-refractivity contribution in [2.45, 2.75) is 77.8 Å². The second-order valence-corrected chi connectivity index (χ2v) is 13.1. The second kappa shape index (κ2) is 11.9. The van der Waals surface area contributed by atoms with Gasteiger partial charge in [-0.05, 0) is 78.2 Å². The number of aryl methyl sites for hydroxylation is 1. The minimum atomic E-state index is -1.23. The molecular weight excluding hydrogens is 570 g/mol. The Labute approximate surface area is 263 Å². The molecule has 1 saturated heterocycles. The first-order valence-electron chi connectivity index (χ1n) is 15.5. The number of rotatable bonds is 3. The van der Waals surface area contributed by atoms with Crippen molar-refractivity contribution in [3.8, 4) is 28.1 Å². The van der Waals surface area contributed by atoms with Gasteiger partial charge in [0.05, 0.1) is 29.1 Å². The van der Waals surface area contributed by atoms with Crippen molar-refractivity contribution < 1.29 is 24.1 Å². The summed E-state index contributed by atoms with van der Waals surface area (Å²) in [6, 6.07) is 11.9. The Kier molecular flexibility index (Phi) is 8.13. The normalized spacial score (nSPS) is 21.8. The zero-order chi connectivity index (χ0) is 31.9. The molecule has 6 bridgehead atoms. The van der Waals surface area contributed by atoms with Gasteiger partial charge in [-0.1, -0.05) is 24.3 Å². The number of anilines is 1. The molecule has 2 atom stereocenters. The predicted octanol–water partition coefficient (Wildman–Crippen LogP) is 6.42. The number of nitrogens with zero attached hydrogens (tertiary/aromatic N) is 5. The van der Waals surface area contributed by atoms with E-state index in [-0.39, 0.29) is 11.7 Å².